The lowest BCUT2D eigenvalue weighted by molar-refractivity contribution is -0.140. The van der Waals surface area contributed by atoms with Gasteiger partial charge in [0.2, 0.25) is 11.8 Å². The summed E-state index contributed by atoms with van der Waals surface area (Å²) < 4.78 is 40.4. The van der Waals surface area contributed by atoms with Gasteiger partial charge in [-0.15, -0.1) is 0 Å². The number of hydrogen-bond donors (Lipinski definition) is 1. The summed E-state index contributed by atoms with van der Waals surface area (Å²) in [7, 11) is -1.40. The first kappa shape index (κ1) is 35.3. The van der Waals surface area contributed by atoms with E-state index in [-0.39, 0.29) is 41.2 Å². The van der Waals surface area contributed by atoms with E-state index in [0.717, 1.165) is 9.87 Å². The fraction of sp³-hybridized carbons (Fsp3) is 0.278. The average molecular weight is 678 g/mol. The number of anilines is 1. The van der Waals surface area contributed by atoms with Crippen molar-refractivity contribution in [2.45, 2.75) is 50.2 Å². The highest BCUT2D eigenvalue weighted by molar-refractivity contribution is 7.92. The molecule has 0 radical (unpaired) electrons. The summed E-state index contributed by atoms with van der Waals surface area (Å²) in [5.41, 5.74) is 1.70. The summed E-state index contributed by atoms with van der Waals surface area (Å²) in [6.45, 7) is 3.25. The number of nitrogens with one attached hydrogen (secondary N) is 1. The van der Waals surface area contributed by atoms with Crippen molar-refractivity contribution in [2.24, 2.45) is 0 Å². The Kier molecular flexibility index (Phi) is 12.3. The van der Waals surface area contributed by atoms with Crippen LogP contribution in [0.25, 0.3) is 0 Å². The Bertz CT molecular complexity index is 1750. The van der Waals surface area contributed by atoms with Crippen LogP contribution in [0, 0.1) is 0 Å². The normalized spacial score (nSPS) is 12.4. The van der Waals surface area contributed by atoms with E-state index in [9.17, 15) is 18.0 Å². The molecule has 1 N–H and O–H groups in total. The van der Waals surface area contributed by atoms with Crippen LogP contribution in [0.15, 0.2) is 108 Å². The Morgan fingerprint density at radius 1 is 0.851 bits per heavy atom. The van der Waals surface area contributed by atoms with Crippen molar-refractivity contribution < 1.29 is 27.5 Å². The molecule has 2 amide bonds. The van der Waals surface area contributed by atoms with Gasteiger partial charge in [0.25, 0.3) is 10.0 Å². The molecular formula is C36H40ClN3O6S. The molecule has 0 aliphatic heterocycles. The predicted octanol–water partition coefficient (Wildman–Crippen LogP) is 6.11. The fourth-order valence-corrected chi connectivity index (χ4v) is 6.69. The molecule has 248 valence electrons. The van der Waals surface area contributed by atoms with Gasteiger partial charge in [0.1, 0.15) is 24.1 Å². The lowest BCUT2D eigenvalue weighted by Crippen LogP contribution is -2.54. The smallest absolute Gasteiger partial charge is 0.264 e. The molecule has 0 bridgehead atoms. The number of para-hydroxylation sites is 2. The van der Waals surface area contributed by atoms with Gasteiger partial charge in [0, 0.05) is 24.0 Å². The first-order valence-electron chi connectivity index (χ1n) is 15.2. The van der Waals surface area contributed by atoms with Crippen LogP contribution in [0.2, 0.25) is 5.02 Å². The van der Waals surface area contributed by atoms with Gasteiger partial charge in [-0.2, -0.15) is 0 Å². The molecule has 0 saturated carbocycles. The van der Waals surface area contributed by atoms with Gasteiger partial charge < -0.3 is 19.7 Å². The maximum absolute atomic E-state index is 14.6. The molecule has 11 heteroatoms. The monoisotopic (exact) mass is 677 g/mol. The molecule has 0 aliphatic carbocycles. The number of hydrogen-bond acceptors (Lipinski definition) is 6. The second kappa shape index (κ2) is 16.3. The lowest BCUT2D eigenvalue weighted by atomic mass is 10.0. The van der Waals surface area contributed by atoms with E-state index in [1.54, 1.807) is 42.5 Å². The summed E-state index contributed by atoms with van der Waals surface area (Å²) in [5, 5.41) is 3.50. The first-order valence-corrected chi connectivity index (χ1v) is 17.1. The van der Waals surface area contributed by atoms with E-state index in [0.29, 0.717) is 22.8 Å². The SMILES string of the molecule is CCC(C)NC(=O)C(Cc1ccccc1)N(Cc1cccc(Cl)c1)C(=O)CN(c1ccccc1OC)S(=O)(=O)c1ccc(OC)cc1. The van der Waals surface area contributed by atoms with Crippen molar-refractivity contribution in [3.8, 4) is 11.5 Å². The summed E-state index contributed by atoms with van der Waals surface area (Å²) in [5.74, 6) is -0.199. The van der Waals surface area contributed by atoms with Gasteiger partial charge in [-0.25, -0.2) is 8.42 Å². The molecule has 47 heavy (non-hydrogen) atoms. The third-order valence-electron chi connectivity index (χ3n) is 7.79. The van der Waals surface area contributed by atoms with Crippen LogP contribution in [0.3, 0.4) is 0 Å². The highest BCUT2D eigenvalue weighted by atomic mass is 35.5. The molecule has 4 aromatic carbocycles. The summed E-state index contributed by atoms with van der Waals surface area (Å²) in [6.07, 6.45) is 0.892. The van der Waals surface area contributed by atoms with Gasteiger partial charge >= 0.3 is 0 Å². The average Bonchev–Trinajstić information content (AvgIpc) is 3.08. The van der Waals surface area contributed by atoms with Crippen molar-refractivity contribution in [1.82, 2.24) is 10.2 Å². The lowest BCUT2D eigenvalue weighted by Gasteiger charge is -2.34. The number of carbonyl (C=O) groups excluding carboxylic acids is 2. The third-order valence-corrected chi connectivity index (χ3v) is 9.80. The van der Waals surface area contributed by atoms with Crippen molar-refractivity contribution in [3.05, 3.63) is 119 Å². The maximum Gasteiger partial charge on any atom is 0.264 e. The highest BCUT2D eigenvalue weighted by Crippen LogP contribution is 2.33. The van der Waals surface area contributed by atoms with E-state index in [4.69, 9.17) is 21.1 Å². The van der Waals surface area contributed by atoms with Crippen molar-refractivity contribution in [3.63, 3.8) is 0 Å². The number of halogens is 1. The first-order chi connectivity index (χ1) is 22.6. The molecule has 0 spiro atoms. The zero-order valence-electron chi connectivity index (χ0n) is 26.9. The fourth-order valence-electron chi connectivity index (χ4n) is 5.05. The molecule has 0 fully saturated rings. The maximum atomic E-state index is 14.6. The number of carbonyl (C=O) groups is 2. The zero-order valence-corrected chi connectivity index (χ0v) is 28.5. The summed E-state index contributed by atoms with van der Waals surface area (Å²) >= 11 is 6.32. The molecule has 0 aliphatic rings. The van der Waals surface area contributed by atoms with E-state index >= 15 is 0 Å². The minimum Gasteiger partial charge on any atom is -0.497 e. The van der Waals surface area contributed by atoms with Gasteiger partial charge in [-0.1, -0.05) is 73.1 Å². The van der Waals surface area contributed by atoms with Crippen LogP contribution in [-0.2, 0) is 32.6 Å². The van der Waals surface area contributed by atoms with Crippen LogP contribution >= 0.6 is 11.6 Å². The standard InChI is InChI=1S/C36H40ClN3O6S/c1-5-26(2)38-36(42)33(23-27-12-7-6-8-13-27)39(24-28-14-11-15-29(37)22-28)35(41)25-40(32-16-9-10-17-34(32)46-4)47(43,44)31-20-18-30(45-3)19-21-31/h6-22,26,33H,5,23-25H2,1-4H3,(H,38,42). The molecule has 0 saturated heterocycles. The topological polar surface area (TPSA) is 105 Å². The Balaban J connectivity index is 1.84. The zero-order chi connectivity index (χ0) is 34.0. The number of nitrogens with zero attached hydrogens (tertiary/aromatic N) is 2. The quantitative estimate of drug-likeness (QED) is 0.163. The van der Waals surface area contributed by atoms with E-state index < -0.39 is 28.5 Å². The van der Waals surface area contributed by atoms with Gasteiger partial charge in [-0.05, 0) is 73.0 Å². The van der Waals surface area contributed by atoms with Crippen LogP contribution in [-0.4, -0.2) is 58.0 Å². The molecule has 4 rings (SSSR count). The third kappa shape index (κ3) is 9.05. The number of sulfonamides is 1. The number of rotatable bonds is 15. The van der Waals surface area contributed by atoms with E-state index in [1.807, 2.05) is 50.2 Å². The van der Waals surface area contributed by atoms with Gasteiger partial charge in [0.15, 0.2) is 0 Å². The number of benzene rings is 4. The largest absolute Gasteiger partial charge is 0.497 e. The molecule has 9 nitrogen and oxygen atoms in total. The van der Waals surface area contributed by atoms with Crippen LogP contribution < -0.4 is 19.1 Å². The second-order valence-electron chi connectivity index (χ2n) is 11.0. The Morgan fingerprint density at radius 2 is 1.51 bits per heavy atom. The van der Waals surface area contributed by atoms with Crippen LogP contribution in [0.5, 0.6) is 11.5 Å². The van der Waals surface area contributed by atoms with Crippen LogP contribution in [0.1, 0.15) is 31.4 Å². The van der Waals surface area contributed by atoms with Crippen molar-refractivity contribution in [1.29, 1.82) is 0 Å². The summed E-state index contributed by atoms with van der Waals surface area (Å²) in [4.78, 5) is 30.0. The molecule has 0 heterocycles. The number of amides is 2. The van der Waals surface area contributed by atoms with Crippen LogP contribution in [0.4, 0.5) is 5.69 Å². The number of methoxy groups -OCH3 is 2. The number of ether oxygens (including phenoxy) is 2. The second-order valence-corrected chi connectivity index (χ2v) is 13.3. The Labute approximate surface area is 282 Å². The minimum atomic E-state index is -4.32. The summed E-state index contributed by atoms with van der Waals surface area (Å²) in [6, 6.07) is 27.8. The van der Waals surface area contributed by atoms with Gasteiger partial charge in [-0.3, -0.25) is 13.9 Å². The predicted molar refractivity (Wildman–Crippen MR) is 184 cm³/mol. The highest BCUT2D eigenvalue weighted by Gasteiger charge is 2.35. The minimum absolute atomic E-state index is 0.00711. The molecule has 0 aromatic heterocycles. The molecule has 2 atom stereocenters. The van der Waals surface area contributed by atoms with Gasteiger partial charge in [0.05, 0.1) is 24.8 Å². The molecule has 2 unspecified atom stereocenters. The Morgan fingerprint density at radius 3 is 2.15 bits per heavy atom. The van der Waals surface area contributed by atoms with E-state index in [2.05, 4.69) is 5.32 Å². The van der Waals surface area contributed by atoms with Crippen molar-refractivity contribution in [2.75, 3.05) is 25.1 Å². The Hall–Kier alpha value is -4.54. The molecular weight excluding hydrogens is 638 g/mol. The molecule has 4 aromatic rings. The van der Waals surface area contributed by atoms with Crippen molar-refractivity contribution >= 4 is 39.1 Å². The van der Waals surface area contributed by atoms with E-state index in [1.165, 1.54) is 43.4 Å².